The maximum absolute atomic E-state index is 11.4. The average molecular weight is 573 g/mol. The Morgan fingerprint density at radius 1 is 1.00 bits per heavy atom. The summed E-state index contributed by atoms with van der Waals surface area (Å²) in [6.07, 6.45) is -18.5. The lowest BCUT2D eigenvalue weighted by Gasteiger charge is -2.46. The van der Waals surface area contributed by atoms with Gasteiger partial charge in [0.05, 0.1) is 13.2 Å². The van der Waals surface area contributed by atoms with E-state index in [1.165, 1.54) is 0 Å². The number of esters is 1. The molecule has 2 fully saturated rings. The van der Waals surface area contributed by atoms with Gasteiger partial charge in [0.15, 0.2) is 30.5 Å². The molecular weight excluding hydrogens is 542 g/mol. The van der Waals surface area contributed by atoms with Crippen LogP contribution in [0.1, 0.15) is 6.92 Å². The zero-order valence-corrected chi connectivity index (χ0v) is 20.1. The summed E-state index contributed by atoms with van der Waals surface area (Å²) in [5, 5.41) is 105. The van der Waals surface area contributed by atoms with Crippen molar-refractivity contribution in [2.75, 3.05) is 13.2 Å². The van der Waals surface area contributed by atoms with Crippen LogP contribution in [-0.2, 0) is 33.3 Å². The topological polar surface area (TPSA) is 323 Å². The Bertz CT molecular complexity index is 913. The lowest BCUT2D eigenvalue weighted by atomic mass is 9.95. The summed E-state index contributed by atoms with van der Waals surface area (Å²) in [6.45, 7) is -0.284. The first-order chi connectivity index (χ1) is 18.2. The molecule has 3 aliphatic heterocycles. The number of hydrogen-bond donors (Lipinski definition) is 12. The van der Waals surface area contributed by atoms with E-state index in [4.69, 9.17) is 39.7 Å². The SMILES string of the molecule is CC(=O)N[C@@H]1[C@@H](O[C@@H]2O[C@H](C(=O)O)[C@@H](O)[C@H](O)[C@H]2O)[C@H](O)[C@@H](CO)O[C@H]1O.O=C1O[C@H]([C@@H](O)CO)C(O)=C1O. The van der Waals surface area contributed by atoms with Gasteiger partial charge in [-0.05, 0) is 0 Å². The molecule has 39 heavy (non-hydrogen) atoms. The number of carboxylic acids is 1. The largest absolute Gasteiger partial charge is 0.505 e. The molecule has 0 aromatic carbocycles. The molecule has 19 heteroatoms. The summed E-state index contributed by atoms with van der Waals surface area (Å²) < 4.78 is 19.6. The Hall–Kier alpha value is -2.69. The van der Waals surface area contributed by atoms with E-state index in [1.807, 2.05) is 0 Å². The van der Waals surface area contributed by atoms with Crippen molar-refractivity contribution >= 4 is 17.8 Å². The number of nitrogens with one attached hydrogen (secondary N) is 1. The van der Waals surface area contributed by atoms with Crippen LogP contribution in [0.2, 0.25) is 0 Å². The molecule has 19 nitrogen and oxygen atoms in total. The molecule has 0 aromatic rings. The highest BCUT2D eigenvalue weighted by Crippen LogP contribution is 2.29. The highest BCUT2D eigenvalue weighted by atomic mass is 16.7. The lowest BCUT2D eigenvalue weighted by molar-refractivity contribution is -0.336. The Morgan fingerprint density at radius 3 is 2.08 bits per heavy atom. The fraction of sp³-hybridized carbons (Fsp3) is 0.750. The Kier molecular flexibility index (Phi) is 11.3. The molecule has 1 amide bonds. The minimum absolute atomic E-state index is 0.630. The van der Waals surface area contributed by atoms with Gasteiger partial charge in [0.25, 0.3) is 0 Å². The maximum Gasteiger partial charge on any atom is 0.377 e. The monoisotopic (exact) mass is 573 g/mol. The van der Waals surface area contributed by atoms with Gasteiger partial charge in [-0.25, -0.2) is 9.59 Å². The Morgan fingerprint density at radius 2 is 1.62 bits per heavy atom. The first-order valence-corrected chi connectivity index (χ1v) is 11.3. The van der Waals surface area contributed by atoms with E-state index in [0.29, 0.717) is 0 Å². The van der Waals surface area contributed by atoms with Gasteiger partial charge < -0.3 is 80.4 Å². The molecular formula is C20H31NO18. The molecule has 0 spiro atoms. The number of aliphatic carboxylic acids is 1. The molecule has 0 radical (unpaired) electrons. The third-order valence-corrected chi connectivity index (χ3v) is 5.82. The van der Waals surface area contributed by atoms with Gasteiger partial charge in [0.1, 0.15) is 48.8 Å². The highest BCUT2D eigenvalue weighted by Gasteiger charge is 2.52. The van der Waals surface area contributed by atoms with Gasteiger partial charge in [0.2, 0.25) is 11.7 Å². The second-order valence-corrected chi connectivity index (χ2v) is 8.61. The van der Waals surface area contributed by atoms with Gasteiger partial charge in [-0.2, -0.15) is 0 Å². The maximum atomic E-state index is 11.4. The van der Waals surface area contributed by atoms with Crippen LogP contribution in [0, 0.1) is 0 Å². The van der Waals surface area contributed by atoms with Crippen molar-refractivity contribution in [2.45, 2.75) is 80.5 Å². The molecule has 2 saturated heterocycles. The molecule has 224 valence electrons. The zero-order valence-electron chi connectivity index (χ0n) is 20.1. The van der Waals surface area contributed by atoms with E-state index in [1.54, 1.807) is 0 Å². The normalized spacial score (nSPS) is 39.3. The van der Waals surface area contributed by atoms with E-state index in [2.05, 4.69) is 10.1 Å². The van der Waals surface area contributed by atoms with E-state index in [-0.39, 0.29) is 0 Å². The van der Waals surface area contributed by atoms with E-state index in [0.717, 1.165) is 6.92 Å². The predicted molar refractivity (Wildman–Crippen MR) is 116 cm³/mol. The van der Waals surface area contributed by atoms with Crippen molar-refractivity contribution < 1.29 is 89.5 Å². The predicted octanol–water partition coefficient (Wildman–Crippen LogP) is -6.57. The molecule has 3 heterocycles. The van der Waals surface area contributed by atoms with Crippen LogP contribution in [0.4, 0.5) is 0 Å². The summed E-state index contributed by atoms with van der Waals surface area (Å²) >= 11 is 0. The summed E-state index contributed by atoms with van der Waals surface area (Å²) in [5.41, 5.74) is 0. The summed E-state index contributed by atoms with van der Waals surface area (Å²) in [4.78, 5) is 33.0. The fourth-order valence-electron chi connectivity index (χ4n) is 3.78. The van der Waals surface area contributed by atoms with Crippen molar-refractivity contribution in [3.63, 3.8) is 0 Å². The molecule has 0 aliphatic carbocycles. The van der Waals surface area contributed by atoms with Crippen LogP contribution in [0.5, 0.6) is 0 Å². The number of ether oxygens (including phenoxy) is 4. The highest BCUT2D eigenvalue weighted by molar-refractivity contribution is 5.89. The van der Waals surface area contributed by atoms with Gasteiger partial charge in [0, 0.05) is 6.92 Å². The summed E-state index contributed by atoms with van der Waals surface area (Å²) in [5.74, 6) is -5.05. The van der Waals surface area contributed by atoms with Gasteiger partial charge >= 0.3 is 11.9 Å². The second kappa shape index (κ2) is 13.6. The van der Waals surface area contributed by atoms with Crippen molar-refractivity contribution in [2.24, 2.45) is 0 Å². The van der Waals surface area contributed by atoms with Gasteiger partial charge in [-0.1, -0.05) is 0 Å². The number of carbonyl (C=O) groups is 3. The molecule has 12 atom stereocenters. The number of cyclic esters (lactones) is 1. The smallest absolute Gasteiger partial charge is 0.377 e. The number of aliphatic hydroxyl groups is 10. The lowest BCUT2D eigenvalue weighted by Crippen LogP contribution is -2.67. The number of hydrogen-bond acceptors (Lipinski definition) is 17. The quantitative estimate of drug-likeness (QED) is 0.126. The number of aliphatic hydroxyl groups excluding tert-OH is 10. The van der Waals surface area contributed by atoms with Crippen molar-refractivity contribution in [3.05, 3.63) is 11.5 Å². The molecule has 0 unspecified atom stereocenters. The van der Waals surface area contributed by atoms with Crippen molar-refractivity contribution in [1.29, 1.82) is 0 Å². The summed E-state index contributed by atoms with van der Waals surface area (Å²) in [6, 6.07) is -1.37. The minimum atomic E-state index is -1.95. The number of amides is 1. The molecule has 0 aromatic heterocycles. The van der Waals surface area contributed by atoms with Crippen LogP contribution in [-0.4, -0.2) is 161 Å². The average Bonchev–Trinajstić information content (AvgIpc) is 3.14. The molecule has 3 rings (SSSR count). The number of carboxylic acid groups (broad SMARTS) is 1. The van der Waals surface area contributed by atoms with E-state index < -0.39 is 116 Å². The first-order valence-electron chi connectivity index (χ1n) is 11.3. The Balaban J connectivity index is 0.000000370. The standard InChI is InChI=1S/C14H23NO12.C6H8O6/c1-3(17)15-5-10(6(18)4(2-16)25-13(5)24)26-14-9(21)7(19)8(20)11(27-14)12(22)23;7-1-2(8)5-3(9)4(10)6(11)12-5/h4-11,13-14,16,18-21,24H,2H2,1H3,(H,15,17)(H,22,23);2,5,7-10H,1H2/t4-,5-,6-,7+,8+,9-,10-,11+,13-,14-;2-,5+/m10/s1. The van der Waals surface area contributed by atoms with Crippen molar-refractivity contribution in [3.8, 4) is 0 Å². The van der Waals surface area contributed by atoms with Gasteiger partial charge in [-0.3, -0.25) is 4.79 Å². The van der Waals surface area contributed by atoms with Crippen LogP contribution in [0.3, 0.4) is 0 Å². The van der Waals surface area contributed by atoms with Crippen molar-refractivity contribution in [1.82, 2.24) is 5.32 Å². The molecule has 0 saturated carbocycles. The minimum Gasteiger partial charge on any atom is -0.505 e. The number of rotatable bonds is 7. The number of carbonyl (C=O) groups excluding carboxylic acids is 2. The van der Waals surface area contributed by atoms with Gasteiger partial charge in [-0.15, -0.1) is 0 Å². The third kappa shape index (κ3) is 7.29. The van der Waals surface area contributed by atoms with Crippen LogP contribution >= 0.6 is 0 Å². The first kappa shape index (κ1) is 32.5. The van der Waals surface area contributed by atoms with E-state index >= 15 is 0 Å². The van der Waals surface area contributed by atoms with Crippen LogP contribution in [0.15, 0.2) is 11.5 Å². The molecule has 3 aliphatic rings. The van der Waals surface area contributed by atoms with Crippen LogP contribution in [0.25, 0.3) is 0 Å². The molecule has 0 bridgehead atoms. The molecule has 12 N–H and O–H groups in total. The van der Waals surface area contributed by atoms with Crippen LogP contribution < -0.4 is 5.32 Å². The second-order valence-electron chi connectivity index (χ2n) is 8.61. The Labute approximate surface area is 218 Å². The third-order valence-electron chi connectivity index (χ3n) is 5.82. The summed E-state index contributed by atoms with van der Waals surface area (Å²) in [7, 11) is 0. The van der Waals surface area contributed by atoms with E-state index in [9.17, 15) is 45.0 Å². The fourth-order valence-corrected chi connectivity index (χ4v) is 3.78. The zero-order chi connectivity index (χ0) is 29.8.